The molecule has 1 atom stereocenters. The molecule has 2 rings (SSSR count). The van der Waals surface area contributed by atoms with E-state index in [1.807, 2.05) is 0 Å². The Morgan fingerprint density at radius 1 is 1.25 bits per heavy atom. The lowest BCUT2D eigenvalue weighted by Gasteiger charge is -2.15. The van der Waals surface area contributed by atoms with Gasteiger partial charge in [-0.3, -0.25) is 9.59 Å². The van der Waals surface area contributed by atoms with E-state index in [0.717, 1.165) is 23.5 Å². The maximum atomic E-state index is 13.7. The number of esters is 1. The molecular weight excluding hydrogens is 392 g/mol. The van der Waals surface area contributed by atoms with E-state index in [1.165, 1.54) is 13.8 Å². The molecule has 0 saturated carbocycles. The summed E-state index contributed by atoms with van der Waals surface area (Å²) in [5.41, 5.74) is 0.495. The van der Waals surface area contributed by atoms with E-state index in [1.54, 1.807) is 13.8 Å². The molecule has 0 aliphatic rings. The average molecular weight is 411 g/mol. The highest BCUT2D eigenvalue weighted by molar-refractivity contribution is 7.18. The predicted molar refractivity (Wildman–Crippen MR) is 100 cm³/mol. The van der Waals surface area contributed by atoms with Crippen LogP contribution in [0.4, 0.5) is 13.8 Å². The third kappa shape index (κ3) is 4.72. The van der Waals surface area contributed by atoms with Crippen LogP contribution < -0.4 is 10.1 Å². The fourth-order valence-corrected chi connectivity index (χ4v) is 3.51. The van der Waals surface area contributed by atoms with Crippen LogP contribution >= 0.6 is 11.3 Å². The first-order valence-electron chi connectivity index (χ1n) is 8.39. The molecule has 28 heavy (non-hydrogen) atoms. The lowest BCUT2D eigenvalue weighted by atomic mass is 10.1. The summed E-state index contributed by atoms with van der Waals surface area (Å²) in [5, 5.41) is 2.66. The number of carbonyl (C=O) groups is 3. The Morgan fingerprint density at radius 2 is 1.93 bits per heavy atom. The Morgan fingerprint density at radius 3 is 2.50 bits per heavy atom. The number of halogens is 2. The summed E-state index contributed by atoms with van der Waals surface area (Å²) < 4.78 is 36.9. The number of rotatable bonds is 7. The first-order valence-corrected chi connectivity index (χ1v) is 9.21. The Balaban J connectivity index is 2.25. The lowest BCUT2D eigenvalue weighted by molar-refractivity contribution is -0.122. The van der Waals surface area contributed by atoms with Crippen LogP contribution in [0.3, 0.4) is 0 Å². The maximum Gasteiger partial charge on any atom is 0.341 e. The number of Topliss-reactive ketones (excluding diaryl/α,β-unsaturated/α-hetero) is 1. The van der Waals surface area contributed by atoms with Gasteiger partial charge in [0, 0.05) is 6.07 Å². The van der Waals surface area contributed by atoms with Gasteiger partial charge in [-0.2, -0.15) is 0 Å². The van der Waals surface area contributed by atoms with Gasteiger partial charge in [0.1, 0.15) is 10.8 Å². The first-order chi connectivity index (χ1) is 13.1. The Hall–Kier alpha value is -2.81. The van der Waals surface area contributed by atoms with Crippen LogP contribution in [0.1, 0.15) is 46.4 Å². The Bertz CT molecular complexity index is 925. The largest absolute Gasteiger partial charge is 0.478 e. The minimum atomic E-state index is -1.15. The van der Waals surface area contributed by atoms with Gasteiger partial charge in [0.2, 0.25) is 0 Å². The molecule has 1 amide bonds. The number of anilines is 1. The molecule has 1 aromatic carbocycles. The summed E-state index contributed by atoms with van der Waals surface area (Å²) in [6.07, 6.45) is -1.15. The van der Waals surface area contributed by atoms with E-state index in [9.17, 15) is 23.2 Å². The van der Waals surface area contributed by atoms with Gasteiger partial charge in [0.25, 0.3) is 5.91 Å². The van der Waals surface area contributed by atoms with Gasteiger partial charge in [-0.05, 0) is 45.4 Å². The van der Waals surface area contributed by atoms with Gasteiger partial charge in [-0.25, -0.2) is 13.6 Å². The molecule has 0 spiro atoms. The average Bonchev–Trinajstić information content (AvgIpc) is 2.93. The van der Waals surface area contributed by atoms with Crippen molar-refractivity contribution in [2.45, 2.75) is 33.8 Å². The van der Waals surface area contributed by atoms with Gasteiger partial charge in [-0.1, -0.05) is 0 Å². The molecule has 0 aliphatic heterocycles. The molecule has 0 radical (unpaired) electrons. The summed E-state index contributed by atoms with van der Waals surface area (Å²) in [6, 6.07) is 2.71. The third-order valence-corrected chi connectivity index (χ3v) is 5.06. The molecule has 0 saturated heterocycles. The zero-order valence-corrected chi connectivity index (χ0v) is 16.5. The highest BCUT2D eigenvalue weighted by Crippen LogP contribution is 2.34. The number of ketones is 1. The molecule has 0 bridgehead atoms. The summed E-state index contributed by atoms with van der Waals surface area (Å²) in [7, 11) is 0. The van der Waals surface area contributed by atoms with Crippen molar-refractivity contribution >= 4 is 34.0 Å². The van der Waals surface area contributed by atoms with Crippen molar-refractivity contribution in [2.75, 3.05) is 11.9 Å². The van der Waals surface area contributed by atoms with E-state index >= 15 is 0 Å². The first kappa shape index (κ1) is 21.5. The number of benzene rings is 1. The van der Waals surface area contributed by atoms with Crippen LogP contribution in [0.15, 0.2) is 18.2 Å². The van der Waals surface area contributed by atoms with E-state index < -0.39 is 29.6 Å². The van der Waals surface area contributed by atoms with E-state index in [4.69, 9.17) is 9.47 Å². The molecule has 1 aromatic heterocycles. The summed E-state index contributed by atoms with van der Waals surface area (Å²) in [5.74, 6) is -3.61. The molecule has 1 N–H and O–H groups in total. The van der Waals surface area contributed by atoms with Crippen molar-refractivity contribution in [2.24, 2.45) is 0 Å². The van der Waals surface area contributed by atoms with Crippen molar-refractivity contribution in [3.63, 3.8) is 0 Å². The SMILES string of the molecule is CCOC(=O)c1c(NC(=O)[C@H](C)Oc2ccc(F)cc2F)sc(C(C)=O)c1C. The molecule has 0 aliphatic carbocycles. The van der Waals surface area contributed by atoms with Gasteiger partial charge in [-0.15, -0.1) is 11.3 Å². The van der Waals surface area contributed by atoms with Crippen molar-refractivity contribution in [3.8, 4) is 5.75 Å². The van der Waals surface area contributed by atoms with Gasteiger partial charge in [0.15, 0.2) is 23.5 Å². The van der Waals surface area contributed by atoms with Crippen LogP contribution in [0.5, 0.6) is 5.75 Å². The van der Waals surface area contributed by atoms with Crippen molar-refractivity contribution in [1.29, 1.82) is 0 Å². The normalized spacial score (nSPS) is 11.6. The number of carbonyl (C=O) groups excluding carboxylic acids is 3. The molecule has 9 heteroatoms. The van der Waals surface area contributed by atoms with E-state index in [0.29, 0.717) is 16.5 Å². The van der Waals surface area contributed by atoms with Gasteiger partial charge >= 0.3 is 5.97 Å². The summed E-state index contributed by atoms with van der Waals surface area (Å²) in [4.78, 5) is 36.8. The van der Waals surface area contributed by atoms with Crippen LogP contribution in [0.2, 0.25) is 0 Å². The number of nitrogens with one attached hydrogen (secondary N) is 1. The van der Waals surface area contributed by atoms with Gasteiger partial charge in [0.05, 0.1) is 17.0 Å². The van der Waals surface area contributed by atoms with Crippen LogP contribution in [-0.2, 0) is 9.53 Å². The Labute approximate surface area is 164 Å². The zero-order chi connectivity index (χ0) is 21.0. The van der Waals surface area contributed by atoms with Crippen LogP contribution in [-0.4, -0.2) is 30.4 Å². The number of thiophene rings is 1. The molecule has 1 heterocycles. The second kappa shape index (κ2) is 8.92. The minimum absolute atomic E-state index is 0.0885. The van der Waals surface area contributed by atoms with E-state index in [2.05, 4.69) is 5.32 Å². The standard InChI is InChI=1S/C19H19F2NO5S/c1-5-26-19(25)15-9(2)16(10(3)23)28-18(15)22-17(24)11(4)27-14-7-6-12(20)8-13(14)21/h6-8,11H,5H2,1-4H3,(H,22,24)/t11-/m0/s1. The summed E-state index contributed by atoms with van der Waals surface area (Å²) >= 11 is 0.944. The molecule has 2 aromatic rings. The molecule has 150 valence electrons. The number of hydrogen-bond acceptors (Lipinski definition) is 6. The molecular formula is C19H19F2NO5S. The van der Waals surface area contributed by atoms with Gasteiger partial charge < -0.3 is 14.8 Å². The molecule has 0 unspecified atom stereocenters. The lowest BCUT2D eigenvalue weighted by Crippen LogP contribution is -2.30. The minimum Gasteiger partial charge on any atom is -0.478 e. The smallest absolute Gasteiger partial charge is 0.341 e. The number of ether oxygens (including phenoxy) is 2. The Kier molecular flexibility index (Phi) is 6.85. The summed E-state index contributed by atoms with van der Waals surface area (Å²) in [6.45, 7) is 6.07. The van der Waals surface area contributed by atoms with Crippen LogP contribution in [0.25, 0.3) is 0 Å². The quantitative estimate of drug-likeness (QED) is 0.548. The second-order valence-electron chi connectivity index (χ2n) is 5.86. The van der Waals surface area contributed by atoms with E-state index in [-0.39, 0.29) is 28.7 Å². The predicted octanol–water partition coefficient (Wildman–Crippen LogP) is 4.12. The third-order valence-electron chi connectivity index (χ3n) is 3.75. The number of hydrogen-bond donors (Lipinski definition) is 1. The van der Waals surface area contributed by atoms with Crippen molar-refractivity contribution in [1.82, 2.24) is 0 Å². The zero-order valence-electron chi connectivity index (χ0n) is 15.7. The topological polar surface area (TPSA) is 81.7 Å². The maximum absolute atomic E-state index is 13.7. The van der Waals surface area contributed by atoms with Crippen LogP contribution in [0, 0.1) is 18.6 Å². The monoisotopic (exact) mass is 411 g/mol. The highest BCUT2D eigenvalue weighted by atomic mass is 32.1. The fourth-order valence-electron chi connectivity index (χ4n) is 2.41. The highest BCUT2D eigenvalue weighted by Gasteiger charge is 2.27. The molecule has 0 fully saturated rings. The fraction of sp³-hybridized carbons (Fsp3) is 0.316. The van der Waals surface area contributed by atoms with Crippen molar-refractivity contribution < 1.29 is 32.6 Å². The number of amides is 1. The molecule has 6 nitrogen and oxygen atoms in total. The second-order valence-corrected chi connectivity index (χ2v) is 6.88. The van der Waals surface area contributed by atoms with Crippen molar-refractivity contribution in [3.05, 3.63) is 45.8 Å².